The van der Waals surface area contributed by atoms with Gasteiger partial charge in [0.25, 0.3) is 0 Å². The Morgan fingerprint density at radius 3 is 2.58 bits per heavy atom. The molecule has 7 heteroatoms. The van der Waals surface area contributed by atoms with Crippen molar-refractivity contribution in [2.45, 2.75) is 44.5 Å². The Morgan fingerprint density at radius 2 is 1.87 bits per heavy atom. The molecule has 0 spiro atoms. The third kappa shape index (κ3) is 4.87. The van der Waals surface area contributed by atoms with Crippen molar-refractivity contribution in [2.24, 2.45) is 5.92 Å². The summed E-state index contributed by atoms with van der Waals surface area (Å²) in [5.74, 6) is 0.545. The van der Waals surface area contributed by atoms with Gasteiger partial charge < -0.3 is 9.47 Å². The van der Waals surface area contributed by atoms with Crippen LogP contribution in [0.25, 0.3) is 0 Å². The van der Waals surface area contributed by atoms with Gasteiger partial charge in [-0.2, -0.15) is 13.2 Å². The van der Waals surface area contributed by atoms with Crippen LogP contribution in [-0.2, 0) is 28.7 Å². The molecule has 0 bridgehead atoms. The smallest absolute Gasteiger partial charge is 0.416 e. The first-order valence-electron chi connectivity index (χ1n) is 10.6. The number of esters is 1. The van der Waals surface area contributed by atoms with Gasteiger partial charge in [0, 0.05) is 6.04 Å². The van der Waals surface area contributed by atoms with Crippen LogP contribution in [0.15, 0.2) is 42.5 Å². The minimum Gasteiger partial charge on any atom is -0.489 e. The van der Waals surface area contributed by atoms with Crippen LogP contribution in [0, 0.1) is 5.92 Å². The Morgan fingerprint density at radius 1 is 1.10 bits per heavy atom. The molecule has 0 amide bonds. The molecule has 0 radical (unpaired) electrons. The lowest BCUT2D eigenvalue weighted by Crippen LogP contribution is -2.38. The zero-order valence-corrected chi connectivity index (χ0v) is 17.5. The molecule has 1 atom stereocenters. The lowest BCUT2D eigenvalue weighted by molar-refractivity contribution is -0.147. The normalized spacial score (nSPS) is 19.8. The van der Waals surface area contributed by atoms with Gasteiger partial charge in [0.1, 0.15) is 12.4 Å². The topological polar surface area (TPSA) is 38.8 Å². The van der Waals surface area contributed by atoms with Crippen molar-refractivity contribution in [3.05, 3.63) is 64.7 Å². The summed E-state index contributed by atoms with van der Waals surface area (Å²) in [6.07, 6.45) is -0.760. The van der Waals surface area contributed by atoms with E-state index in [4.69, 9.17) is 9.47 Å². The molecule has 166 valence electrons. The molecule has 2 aromatic rings. The number of nitrogens with zero attached hydrogens (tertiary/aromatic N) is 1. The molecule has 1 aliphatic carbocycles. The Kier molecular flexibility index (Phi) is 6.23. The van der Waals surface area contributed by atoms with E-state index in [1.165, 1.54) is 24.3 Å². The van der Waals surface area contributed by atoms with Gasteiger partial charge in [-0.05, 0) is 79.7 Å². The van der Waals surface area contributed by atoms with E-state index in [0.29, 0.717) is 17.4 Å². The average molecular weight is 433 g/mol. The number of halogens is 3. The number of alkyl halides is 3. The summed E-state index contributed by atoms with van der Waals surface area (Å²) in [5, 5.41) is 0. The van der Waals surface area contributed by atoms with Crippen LogP contribution in [0.4, 0.5) is 13.2 Å². The summed E-state index contributed by atoms with van der Waals surface area (Å²) >= 11 is 0. The van der Waals surface area contributed by atoms with Crippen molar-refractivity contribution in [3.63, 3.8) is 0 Å². The lowest BCUT2D eigenvalue weighted by atomic mass is 9.94. The Bertz CT molecular complexity index is 936. The third-order valence-electron chi connectivity index (χ3n) is 6.33. The fourth-order valence-electron chi connectivity index (χ4n) is 4.66. The molecule has 0 N–H and O–H groups in total. The van der Waals surface area contributed by atoms with Gasteiger partial charge in [0.2, 0.25) is 0 Å². The number of hydrogen-bond donors (Lipinski definition) is 0. The highest BCUT2D eigenvalue weighted by Gasteiger charge is 2.33. The minimum atomic E-state index is -4.36. The SMILES string of the molecule is COC(=O)C1CCN(C2CCc3cc(OCc4cccc(C(F)(F)F)c4)ccc32)CC1. The summed E-state index contributed by atoms with van der Waals surface area (Å²) < 4.78 is 49.3. The molecule has 0 aromatic heterocycles. The molecule has 1 saturated heterocycles. The van der Waals surface area contributed by atoms with Crippen molar-refractivity contribution < 1.29 is 27.4 Å². The second-order valence-electron chi connectivity index (χ2n) is 8.24. The number of fused-ring (bicyclic) bond motifs is 1. The second-order valence-corrected chi connectivity index (χ2v) is 8.24. The summed E-state index contributed by atoms with van der Waals surface area (Å²) in [4.78, 5) is 14.2. The fraction of sp³-hybridized carbons (Fsp3) is 0.458. The number of methoxy groups -OCH3 is 1. The lowest BCUT2D eigenvalue weighted by Gasteiger charge is -2.35. The predicted molar refractivity (Wildman–Crippen MR) is 110 cm³/mol. The van der Waals surface area contributed by atoms with Crippen molar-refractivity contribution >= 4 is 5.97 Å². The highest BCUT2D eigenvalue weighted by Crippen LogP contribution is 2.39. The maximum absolute atomic E-state index is 12.9. The minimum absolute atomic E-state index is 0.00579. The number of benzene rings is 2. The van der Waals surface area contributed by atoms with E-state index in [-0.39, 0.29) is 18.5 Å². The Balaban J connectivity index is 1.38. The van der Waals surface area contributed by atoms with E-state index in [0.717, 1.165) is 50.9 Å². The molecule has 1 heterocycles. The van der Waals surface area contributed by atoms with Crippen molar-refractivity contribution in [2.75, 3.05) is 20.2 Å². The van der Waals surface area contributed by atoms with Gasteiger partial charge in [-0.15, -0.1) is 0 Å². The van der Waals surface area contributed by atoms with Crippen LogP contribution in [0.3, 0.4) is 0 Å². The number of likely N-dealkylation sites (tertiary alicyclic amines) is 1. The van der Waals surface area contributed by atoms with Gasteiger partial charge in [-0.1, -0.05) is 18.2 Å². The number of aryl methyl sites for hydroxylation is 1. The van der Waals surface area contributed by atoms with E-state index in [2.05, 4.69) is 11.0 Å². The highest BCUT2D eigenvalue weighted by molar-refractivity contribution is 5.72. The van der Waals surface area contributed by atoms with Crippen LogP contribution >= 0.6 is 0 Å². The number of hydrogen-bond acceptors (Lipinski definition) is 4. The van der Waals surface area contributed by atoms with Crippen molar-refractivity contribution in [3.8, 4) is 5.75 Å². The standard InChI is InChI=1S/C24H26F3NO3/c1-30-23(29)17-9-11-28(12-10-17)22-8-5-18-14-20(6-7-21(18)22)31-15-16-3-2-4-19(13-16)24(25,26)27/h2-4,6-7,13-14,17,22H,5,8-12,15H2,1H3. The van der Waals surface area contributed by atoms with Gasteiger partial charge in [-0.3, -0.25) is 9.69 Å². The van der Waals surface area contributed by atoms with Crippen molar-refractivity contribution in [1.29, 1.82) is 0 Å². The van der Waals surface area contributed by atoms with E-state index in [9.17, 15) is 18.0 Å². The maximum atomic E-state index is 12.9. The summed E-state index contributed by atoms with van der Waals surface area (Å²) in [6, 6.07) is 11.5. The molecule has 1 aliphatic heterocycles. The number of carbonyl (C=O) groups is 1. The van der Waals surface area contributed by atoms with E-state index < -0.39 is 11.7 Å². The largest absolute Gasteiger partial charge is 0.489 e. The first-order valence-corrected chi connectivity index (χ1v) is 10.6. The molecule has 4 nitrogen and oxygen atoms in total. The molecule has 2 aromatic carbocycles. The van der Waals surface area contributed by atoms with Crippen LogP contribution in [0.2, 0.25) is 0 Å². The van der Waals surface area contributed by atoms with Gasteiger partial charge in [0.05, 0.1) is 18.6 Å². The van der Waals surface area contributed by atoms with Crippen LogP contribution < -0.4 is 4.74 Å². The van der Waals surface area contributed by atoms with Gasteiger partial charge in [0.15, 0.2) is 0 Å². The first kappa shape index (κ1) is 21.7. The Hall–Kier alpha value is -2.54. The van der Waals surface area contributed by atoms with E-state index in [1.807, 2.05) is 12.1 Å². The summed E-state index contributed by atoms with van der Waals surface area (Å²) in [5.41, 5.74) is 2.33. The van der Waals surface area contributed by atoms with E-state index in [1.54, 1.807) is 6.07 Å². The maximum Gasteiger partial charge on any atom is 0.416 e. The molecule has 2 aliphatic rings. The number of carbonyl (C=O) groups excluding carboxylic acids is 1. The fourth-order valence-corrected chi connectivity index (χ4v) is 4.66. The number of rotatable bonds is 5. The summed E-state index contributed by atoms with van der Waals surface area (Å²) in [7, 11) is 1.44. The molecular formula is C24H26F3NO3. The predicted octanol–water partition coefficient (Wildman–Crippen LogP) is 5.16. The molecule has 1 fully saturated rings. The summed E-state index contributed by atoms with van der Waals surface area (Å²) in [6.45, 7) is 1.84. The van der Waals surface area contributed by atoms with Gasteiger partial charge >= 0.3 is 12.1 Å². The number of piperidine rings is 1. The number of ether oxygens (including phenoxy) is 2. The zero-order valence-electron chi connectivity index (χ0n) is 17.5. The molecule has 0 saturated carbocycles. The van der Waals surface area contributed by atoms with E-state index >= 15 is 0 Å². The Labute approximate surface area is 180 Å². The average Bonchev–Trinajstić information content (AvgIpc) is 3.20. The van der Waals surface area contributed by atoms with Gasteiger partial charge in [-0.25, -0.2) is 0 Å². The third-order valence-corrected chi connectivity index (χ3v) is 6.33. The molecular weight excluding hydrogens is 407 g/mol. The molecule has 31 heavy (non-hydrogen) atoms. The van der Waals surface area contributed by atoms with Crippen LogP contribution in [0.5, 0.6) is 5.75 Å². The monoisotopic (exact) mass is 433 g/mol. The second kappa shape index (κ2) is 8.91. The van der Waals surface area contributed by atoms with Crippen molar-refractivity contribution in [1.82, 2.24) is 4.90 Å². The first-order chi connectivity index (χ1) is 14.8. The zero-order chi connectivity index (χ0) is 22.0. The quantitative estimate of drug-likeness (QED) is 0.611. The van der Waals surface area contributed by atoms with Crippen LogP contribution in [0.1, 0.15) is 47.6 Å². The highest BCUT2D eigenvalue weighted by atomic mass is 19.4. The van der Waals surface area contributed by atoms with Crippen LogP contribution in [-0.4, -0.2) is 31.1 Å². The molecule has 4 rings (SSSR count). The molecule has 1 unspecified atom stereocenters.